The van der Waals surface area contributed by atoms with Crippen molar-refractivity contribution in [3.63, 3.8) is 0 Å². The number of carbonyl (C=O) groups excluding carboxylic acids is 1. The van der Waals surface area contributed by atoms with Gasteiger partial charge in [0.25, 0.3) is 0 Å². The number of carbonyl (C=O) groups is 1. The van der Waals surface area contributed by atoms with E-state index < -0.39 is 0 Å². The normalized spacial score (nSPS) is 10.5. The molecule has 2 aromatic carbocycles. The van der Waals surface area contributed by atoms with Crippen LogP contribution in [0.25, 0.3) is 5.69 Å². The summed E-state index contributed by atoms with van der Waals surface area (Å²) < 4.78 is 1.80. The van der Waals surface area contributed by atoms with Gasteiger partial charge >= 0.3 is 6.03 Å². The van der Waals surface area contributed by atoms with E-state index >= 15 is 0 Å². The summed E-state index contributed by atoms with van der Waals surface area (Å²) in [5, 5.41) is 10.1. The predicted octanol–water partition coefficient (Wildman–Crippen LogP) is 3.77. The summed E-state index contributed by atoms with van der Waals surface area (Å²) >= 11 is 1.73. The molecule has 0 saturated carbocycles. The van der Waals surface area contributed by atoms with Gasteiger partial charge in [-0.1, -0.05) is 35.9 Å². The average Bonchev–Trinajstić information content (AvgIpc) is 3.15. The lowest BCUT2D eigenvalue weighted by Crippen LogP contribution is -2.36. The van der Waals surface area contributed by atoms with Gasteiger partial charge in [-0.3, -0.25) is 0 Å². The molecular formula is C20H22N4OS. The number of benzene rings is 2. The van der Waals surface area contributed by atoms with Crippen LogP contribution in [0.5, 0.6) is 0 Å². The number of hydrogen-bond donors (Lipinski definition) is 2. The van der Waals surface area contributed by atoms with E-state index in [1.54, 1.807) is 22.6 Å². The van der Waals surface area contributed by atoms with Crippen LogP contribution in [0.4, 0.5) is 4.79 Å². The summed E-state index contributed by atoms with van der Waals surface area (Å²) in [5.41, 5.74) is 3.21. The summed E-state index contributed by atoms with van der Waals surface area (Å²) in [6.45, 7) is 3.14. The molecule has 3 rings (SSSR count). The van der Waals surface area contributed by atoms with Crippen molar-refractivity contribution in [3.05, 3.63) is 78.1 Å². The molecule has 26 heavy (non-hydrogen) atoms. The fourth-order valence-electron chi connectivity index (χ4n) is 2.39. The van der Waals surface area contributed by atoms with Gasteiger partial charge in [0.1, 0.15) is 0 Å². The lowest BCUT2D eigenvalue weighted by Gasteiger charge is -2.07. The second-order valence-corrected chi connectivity index (χ2v) is 7.07. The molecule has 0 aliphatic rings. The van der Waals surface area contributed by atoms with E-state index in [4.69, 9.17) is 0 Å². The first-order valence-corrected chi connectivity index (χ1v) is 9.49. The monoisotopic (exact) mass is 366 g/mol. The summed E-state index contributed by atoms with van der Waals surface area (Å²) in [5.74, 6) is 0.836. The van der Waals surface area contributed by atoms with Crippen LogP contribution in [0.15, 0.2) is 71.9 Å². The van der Waals surface area contributed by atoms with E-state index in [1.165, 1.54) is 10.5 Å². The number of rotatable bonds is 7. The molecule has 6 heteroatoms. The number of aryl methyl sites for hydroxylation is 1. The number of amides is 2. The molecular weight excluding hydrogens is 344 g/mol. The van der Waals surface area contributed by atoms with Crippen molar-refractivity contribution in [2.45, 2.75) is 18.4 Å². The fraction of sp³-hybridized carbons (Fsp3) is 0.200. The van der Waals surface area contributed by atoms with Crippen molar-refractivity contribution in [2.24, 2.45) is 0 Å². The number of urea groups is 1. The van der Waals surface area contributed by atoms with Crippen molar-refractivity contribution in [3.8, 4) is 5.69 Å². The Morgan fingerprint density at radius 3 is 2.62 bits per heavy atom. The van der Waals surface area contributed by atoms with Crippen LogP contribution in [-0.2, 0) is 6.54 Å². The summed E-state index contributed by atoms with van der Waals surface area (Å²) in [4.78, 5) is 13.1. The van der Waals surface area contributed by atoms with Crippen LogP contribution in [0.3, 0.4) is 0 Å². The molecule has 0 atom stereocenters. The third kappa shape index (κ3) is 5.39. The standard InChI is InChI=1S/C20H22N4OS/c1-16-7-9-19(10-8-16)26-12-11-21-20(25)22-13-17-14-23-24(15-17)18-5-3-2-4-6-18/h2-10,14-15H,11-13H2,1H3,(H2,21,22,25). The van der Waals surface area contributed by atoms with Crippen LogP contribution in [-0.4, -0.2) is 28.1 Å². The molecule has 0 radical (unpaired) electrons. The topological polar surface area (TPSA) is 59.0 Å². The Bertz CT molecular complexity index is 831. The zero-order valence-corrected chi connectivity index (χ0v) is 15.5. The Kier molecular flexibility index (Phi) is 6.33. The minimum atomic E-state index is -0.165. The highest BCUT2D eigenvalue weighted by Gasteiger charge is 2.03. The average molecular weight is 366 g/mol. The molecule has 1 heterocycles. The first kappa shape index (κ1) is 18.1. The third-order valence-corrected chi connectivity index (χ3v) is 4.80. The van der Waals surface area contributed by atoms with Crippen molar-refractivity contribution in [2.75, 3.05) is 12.3 Å². The lowest BCUT2D eigenvalue weighted by molar-refractivity contribution is 0.241. The number of nitrogens with zero attached hydrogens (tertiary/aromatic N) is 2. The molecule has 0 saturated heterocycles. The molecule has 0 spiro atoms. The van der Waals surface area contributed by atoms with E-state index in [9.17, 15) is 4.79 Å². The Balaban J connectivity index is 1.36. The first-order chi connectivity index (χ1) is 12.7. The van der Waals surface area contributed by atoms with Gasteiger partial charge in [0.2, 0.25) is 0 Å². The molecule has 2 amide bonds. The Hall–Kier alpha value is -2.73. The number of hydrogen-bond acceptors (Lipinski definition) is 3. The maximum atomic E-state index is 11.9. The molecule has 0 aliphatic heterocycles. The van der Waals surface area contributed by atoms with Gasteiger partial charge in [-0.15, -0.1) is 11.8 Å². The van der Waals surface area contributed by atoms with Crippen molar-refractivity contribution in [1.29, 1.82) is 0 Å². The number of para-hydroxylation sites is 1. The van der Waals surface area contributed by atoms with E-state index in [2.05, 4.69) is 46.9 Å². The highest BCUT2D eigenvalue weighted by atomic mass is 32.2. The molecule has 0 aliphatic carbocycles. The van der Waals surface area contributed by atoms with Gasteiger partial charge in [0.05, 0.1) is 11.9 Å². The smallest absolute Gasteiger partial charge is 0.315 e. The lowest BCUT2D eigenvalue weighted by atomic mass is 10.2. The van der Waals surface area contributed by atoms with Gasteiger partial charge in [-0.05, 0) is 31.2 Å². The molecule has 5 nitrogen and oxygen atoms in total. The number of aromatic nitrogens is 2. The van der Waals surface area contributed by atoms with E-state index in [1.807, 2.05) is 36.5 Å². The van der Waals surface area contributed by atoms with Gasteiger partial charge < -0.3 is 10.6 Å². The van der Waals surface area contributed by atoms with Crippen molar-refractivity contribution >= 4 is 17.8 Å². The zero-order chi connectivity index (χ0) is 18.2. The Morgan fingerprint density at radius 1 is 1.08 bits per heavy atom. The van der Waals surface area contributed by atoms with Gasteiger partial charge in [-0.25, -0.2) is 9.48 Å². The van der Waals surface area contributed by atoms with Crippen LogP contribution in [0.2, 0.25) is 0 Å². The quantitative estimate of drug-likeness (QED) is 0.494. The summed E-state index contributed by atoms with van der Waals surface area (Å²) in [6.07, 6.45) is 3.68. The van der Waals surface area contributed by atoms with Gasteiger partial charge in [0, 0.05) is 35.5 Å². The largest absolute Gasteiger partial charge is 0.337 e. The van der Waals surface area contributed by atoms with Gasteiger partial charge in [0.15, 0.2) is 0 Å². The minimum Gasteiger partial charge on any atom is -0.337 e. The molecule has 134 valence electrons. The second-order valence-electron chi connectivity index (χ2n) is 5.90. The number of nitrogens with one attached hydrogen (secondary N) is 2. The highest BCUT2D eigenvalue weighted by molar-refractivity contribution is 7.99. The zero-order valence-electron chi connectivity index (χ0n) is 14.7. The molecule has 0 fully saturated rings. The third-order valence-electron chi connectivity index (χ3n) is 3.79. The van der Waals surface area contributed by atoms with Crippen LogP contribution in [0.1, 0.15) is 11.1 Å². The second kappa shape index (κ2) is 9.10. The van der Waals surface area contributed by atoms with Crippen LogP contribution < -0.4 is 10.6 Å². The fourth-order valence-corrected chi connectivity index (χ4v) is 3.15. The molecule has 2 N–H and O–H groups in total. The predicted molar refractivity (Wildman–Crippen MR) is 106 cm³/mol. The summed E-state index contributed by atoms with van der Waals surface area (Å²) in [6, 6.07) is 18.1. The summed E-state index contributed by atoms with van der Waals surface area (Å²) in [7, 11) is 0. The Morgan fingerprint density at radius 2 is 1.85 bits per heavy atom. The van der Waals surface area contributed by atoms with E-state index in [0.717, 1.165) is 17.0 Å². The molecule has 0 bridgehead atoms. The highest BCUT2D eigenvalue weighted by Crippen LogP contribution is 2.17. The van der Waals surface area contributed by atoms with E-state index in [-0.39, 0.29) is 6.03 Å². The van der Waals surface area contributed by atoms with Crippen molar-refractivity contribution < 1.29 is 4.79 Å². The number of thioether (sulfide) groups is 1. The molecule has 3 aromatic rings. The maximum Gasteiger partial charge on any atom is 0.315 e. The maximum absolute atomic E-state index is 11.9. The molecule has 0 unspecified atom stereocenters. The van der Waals surface area contributed by atoms with Gasteiger partial charge in [-0.2, -0.15) is 5.10 Å². The van der Waals surface area contributed by atoms with E-state index in [0.29, 0.717) is 13.1 Å². The van der Waals surface area contributed by atoms with Crippen molar-refractivity contribution in [1.82, 2.24) is 20.4 Å². The minimum absolute atomic E-state index is 0.165. The SMILES string of the molecule is Cc1ccc(SCCNC(=O)NCc2cnn(-c3ccccc3)c2)cc1. The molecule has 1 aromatic heterocycles. The Labute approximate surface area is 157 Å². The van der Waals surface area contributed by atoms with Crippen LogP contribution in [0, 0.1) is 6.92 Å². The first-order valence-electron chi connectivity index (χ1n) is 8.51. The van der Waals surface area contributed by atoms with Crippen LogP contribution >= 0.6 is 11.8 Å².